The molecule has 0 fully saturated rings. The smallest absolute Gasteiger partial charge is 0.270 e. The van der Waals surface area contributed by atoms with E-state index in [1.807, 2.05) is 30.6 Å². The Morgan fingerprint density at radius 1 is 1.41 bits per heavy atom. The van der Waals surface area contributed by atoms with Gasteiger partial charge >= 0.3 is 0 Å². The van der Waals surface area contributed by atoms with E-state index >= 15 is 0 Å². The Morgan fingerprint density at radius 3 is 2.88 bits per heavy atom. The number of hydrogen-bond acceptors (Lipinski definition) is 4. The lowest BCUT2D eigenvalue weighted by Crippen LogP contribution is -2.23. The molecule has 2 aromatic rings. The van der Waals surface area contributed by atoms with Crippen LogP contribution >= 0.6 is 11.3 Å². The fourth-order valence-electron chi connectivity index (χ4n) is 1.35. The van der Waals surface area contributed by atoms with Crippen LogP contribution in [0.5, 0.6) is 0 Å². The summed E-state index contributed by atoms with van der Waals surface area (Å²) in [5.41, 5.74) is 1.32. The lowest BCUT2D eigenvalue weighted by molar-refractivity contribution is 0.0946. The van der Waals surface area contributed by atoms with Crippen molar-refractivity contribution in [2.45, 2.75) is 6.54 Å². The van der Waals surface area contributed by atoms with E-state index in [1.54, 1.807) is 23.6 Å². The highest BCUT2D eigenvalue weighted by Crippen LogP contribution is 2.08. The third-order valence-corrected chi connectivity index (χ3v) is 3.16. The summed E-state index contributed by atoms with van der Waals surface area (Å²) in [6.07, 6.45) is 1.64. The molecule has 88 valence electrons. The molecule has 0 saturated carbocycles. The van der Waals surface area contributed by atoms with Gasteiger partial charge in [0.15, 0.2) is 0 Å². The van der Waals surface area contributed by atoms with E-state index < -0.39 is 0 Å². The third kappa shape index (κ3) is 3.04. The van der Waals surface area contributed by atoms with Crippen molar-refractivity contribution < 1.29 is 4.79 Å². The molecule has 2 N–H and O–H groups in total. The van der Waals surface area contributed by atoms with Gasteiger partial charge in [-0.1, -0.05) is 6.07 Å². The number of carbonyl (C=O) groups is 1. The van der Waals surface area contributed by atoms with Gasteiger partial charge < -0.3 is 10.6 Å². The molecule has 2 aromatic heterocycles. The van der Waals surface area contributed by atoms with Crippen molar-refractivity contribution in [1.29, 1.82) is 0 Å². The normalized spacial score (nSPS) is 9.94. The number of hydrogen-bond donors (Lipinski definition) is 2. The second-order valence-electron chi connectivity index (χ2n) is 3.44. The summed E-state index contributed by atoms with van der Waals surface area (Å²) in [6, 6.07) is 7.48. The Bertz CT molecular complexity index is 479. The van der Waals surface area contributed by atoms with Gasteiger partial charge in [0.1, 0.15) is 5.69 Å². The predicted molar refractivity (Wildman–Crippen MR) is 69.3 cm³/mol. The average Bonchev–Trinajstić information content (AvgIpc) is 2.89. The number of nitrogens with zero attached hydrogens (tertiary/aromatic N) is 1. The SMILES string of the molecule is CNc1ccc(C(=O)NCc2cccs2)nc1. The summed E-state index contributed by atoms with van der Waals surface area (Å²) in [4.78, 5) is 17.0. The topological polar surface area (TPSA) is 54.0 Å². The van der Waals surface area contributed by atoms with Crippen molar-refractivity contribution in [3.05, 3.63) is 46.4 Å². The number of amides is 1. The quantitative estimate of drug-likeness (QED) is 0.870. The first kappa shape index (κ1) is 11.6. The molecule has 17 heavy (non-hydrogen) atoms. The molecule has 0 bridgehead atoms. The number of nitrogens with one attached hydrogen (secondary N) is 2. The molecule has 0 atom stereocenters. The highest BCUT2D eigenvalue weighted by Gasteiger charge is 2.06. The summed E-state index contributed by atoms with van der Waals surface area (Å²) in [5.74, 6) is -0.152. The van der Waals surface area contributed by atoms with Gasteiger partial charge in [-0.3, -0.25) is 4.79 Å². The van der Waals surface area contributed by atoms with Gasteiger partial charge in [0, 0.05) is 11.9 Å². The van der Waals surface area contributed by atoms with E-state index in [1.165, 1.54) is 0 Å². The average molecular weight is 247 g/mol. The highest BCUT2D eigenvalue weighted by atomic mass is 32.1. The van der Waals surface area contributed by atoms with Gasteiger partial charge in [0.2, 0.25) is 0 Å². The first-order chi connectivity index (χ1) is 8.29. The van der Waals surface area contributed by atoms with Crippen LogP contribution in [0, 0.1) is 0 Å². The van der Waals surface area contributed by atoms with Gasteiger partial charge in [0.05, 0.1) is 18.4 Å². The molecule has 2 rings (SSSR count). The van der Waals surface area contributed by atoms with Crippen LogP contribution in [0.1, 0.15) is 15.4 Å². The van der Waals surface area contributed by atoms with Crippen molar-refractivity contribution in [2.24, 2.45) is 0 Å². The minimum atomic E-state index is -0.152. The molecule has 0 saturated heterocycles. The van der Waals surface area contributed by atoms with E-state index in [0.717, 1.165) is 10.6 Å². The molecule has 1 amide bonds. The second-order valence-corrected chi connectivity index (χ2v) is 4.48. The van der Waals surface area contributed by atoms with Crippen LogP contribution in [0.15, 0.2) is 35.8 Å². The first-order valence-electron chi connectivity index (χ1n) is 5.24. The monoisotopic (exact) mass is 247 g/mol. The van der Waals surface area contributed by atoms with E-state index in [2.05, 4.69) is 15.6 Å². The van der Waals surface area contributed by atoms with Crippen LogP contribution < -0.4 is 10.6 Å². The molecule has 0 unspecified atom stereocenters. The highest BCUT2D eigenvalue weighted by molar-refractivity contribution is 7.09. The van der Waals surface area contributed by atoms with Crippen LogP contribution in [0.2, 0.25) is 0 Å². The fraction of sp³-hybridized carbons (Fsp3) is 0.167. The van der Waals surface area contributed by atoms with Crippen LogP contribution in [-0.4, -0.2) is 17.9 Å². The fourth-order valence-corrected chi connectivity index (χ4v) is 1.99. The maximum absolute atomic E-state index is 11.8. The molecule has 0 radical (unpaired) electrons. The van der Waals surface area contributed by atoms with E-state index in [4.69, 9.17) is 0 Å². The summed E-state index contributed by atoms with van der Waals surface area (Å²) in [7, 11) is 1.81. The molecule has 4 nitrogen and oxygen atoms in total. The van der Waals surface area contributed by atoms with Crippen LogP contribution in [-0.2, 0) is 6.54 Å². The maximum atomic E-state index is 11.8. The zero-order valence-electron chi connectivity index (χ0n) is 9.43. The minimum Gasteiger partial charge on any atom is -0.387 e. The number of thiophene rings is 1. The third-order valence-electron chi connectivity index (χ3n) is 2.29. The zero-order chi connectivity index (χ0) is 12.1. The first-order valence-corrected chi connectivity index (χ1v) is 6.12. The lowest BCUT2D eigenvalue weighted by Gasteiger charge is -2.04. The Kier molecular flexibility index (Phi) is 3.72. The maximum Gasteiger partial charge on any atom is 0.270 e. The number of anilines is 1. The summed E-state index contributed by atoms with van der Waals surface area (Å²) >= 11 is 1.62. The van der Waals surface area contributed by atoms with Crippen molar-refractivity contribution in [2.75, 3.05) is 12.4 Å². The van der Waals surface area contributed by atoms with Crippen molar-refractivity contribution in [1.82, 2.24) is 10.3 Å². The van der Waals surface area contributed by atoms with E-state index in [-0.39, 0.29) is 5.91 Å². The molecule has 0 aliphatic rings. The van der Waals surface area contributed by atoms with Crippen LogP contribution in [0.4, 0.5) is 5.69 Å². The van der Waals surface area contributed by atoms with Crippen molar-refractivity contribution in [3.8, 4) is 0 Å². The molecular weight excluding hydrogens is 234 g/mol. The summed E-state index contributed by atoms with van der Waals surface area (Å²) in [6.45, 7) is 0.548. The number of pyridine rings is 1. The summed E-state index contributed by atoms with van der Waals surface area (Å²) in [5, 5.41) is 7.77. The molecule has 0 aromatic carbocycles. The van der Waals surface area contributed by atoms with Crippen LogP contribution in [0.25, 0.3) is 0 Å². The Morgan fingerprint density at radius 2 is 2.29 bits per heavy atom. The largest absolute Gasteiger partial charge is 0.387 e. The predicted octanol–water partition coefficient (Wildman–Crippen LogP) is 2.11. The summed E-state index contributed by atoms with van der Waals surface area (Å²) < 4.78 is 0. The van der Waals surface area contributed by atoms with Crippen molar-refractivity contribution >= 4 is 22.9 Å². The molecular formula is C12H13N3OS. The van der Waals surface area contributed by atoms with Gasteiger partial charge in [-0.05, 0) is 23.6 Å². The van der Waals surface area contributed by atoms with Gasteiger partial charge in [-0.15, -0.1) is 11.3 Å². The Labute approximate surface area is 104 Å². The van der Waals surface area contributed by atoms with Gasteiger partial charge in [0.25, 0.3) is 5.91 Å². The molecule has 0 aliphatic carbocycles. The van der Waals surface area contributed by atoms with E-state index in [0.29, 0.717) is 12.2 Å². The van der Waals surface area contributed by atoms with E-state index in [9.17, 15) is 4.79 Å². The van der Waals surface area contributed by atoms with Crippen molar-refractivity contribution in [3.63, 3.8) is 0 Å². The number of rotatable bonds is 4. The standard InChI is InChI=1S/C12H13N3OS/c1-13-9-4-5-11(14-7-9)12(16)15-8-10-3-2-6-17-10/h2-7,13H,8H2,1H3,(H,15,16). The number of carbonyl (C=O) groups excluding carboxylic acids is 1. The molecule has 0 aliphatic heterocycles. The Balaban J connectivity index is 1.95. The lowest BCUT2D eigenvalue weighted by atomic mass is 10.3. The number of aromatic nitrogens is 1. The minimum absolute atomic E-state index is 0.152. The second kappa shape index (κ2) is 5.45. The van der Waals surface area contributed by atoms with Gasteiger partial charge in [-0.2, -0.15) is 0 Å². The zero-order valence-corrected chi connectivity index (χ0v) is 10.3. The molecule has 0 spiro atoms. The molecule has 5 heteroatoms. The van der Waals surface area contributed by atoms with Crippen LogP contribution in [0.3, 0.4) is 0 Å². The molecule has 2 heterocycles. The van der Waals surface area contributed by atoms with Gasteiger partial charge in [-0.25, -0.2) is 4.98 Å². The Hall–Kier alpha value is -1.88.